The standard InChI is InChI=1S/C22H32N8O4/c1-20(2)7-8-34-15-11(5-4-6-12(15)20)17(31)27-14-10-30-19(24)26-13(9-25-3)16-21(30,22(14,32)33)29-18(23)28-16/h4-6,13-14,16,25,32-33H,7-10H2,1-3H3,(H2,24,26)(H,27,31)(H3,23,28,29)/t13-,14?,16?,21-/m0/s1. The number of carbonyl (C=O) groups is 1. The maximum Gasteiger partial charge on any atom is 0.255 e. The smallest absolute Gasteiger partial charge is 0.255 e. The molecule has 4 aliphatic heterocycles. The molecule has 4 aliphatic rings. The third kappa shape index (κ3) is 2.98. The molecule has 12 heteroatoms. The number of para-hydroxylation sites is 1. The highest BCUT2D eigenvalue weighted by Gasteiger charge is 2.73. The van der Waals surface area contributed by atoms with Crippen LogP contribution >= 0.6 is 0 Å². The second-order valence-electron chi connectivity index (χ2n) is 9.99. The first-order valence-electron chi connectivity index (χ1n) is 11.4. The molecule has 4 atom stereocenters. The number of ether oxygens (including phenoxy) is 1. The Bertz CT molecular complexity index is 1090. The molecule has 34 heavy (non-hydrogen) atoms. The second-order valence-corrected chi connectivity index (χ2v) is 9.99. The molecule has 1 saturated heterocycles. The summed E-state index contributed by atoms with van der Waals surface area (Å²) in [6.45, 7) is 5.10. The number of fused-ring (bicyclic) bond motifs is 1. The predicted molar refractivity (Wildman–Crippen MR) is 125 cm³/mol. The molecule has 4 heterocycles. The van der Waals surface area contributed by atoms with Gasteiger partial charge in [0.25, 0.3) is 5.91 Å². The van der Waals surface area contributed by atoms with E-state index < -0.39 is 35.5 Å². The first-order valence-corrected chi connectivity index (χ1v) is 11.4. The highest BCUT2D eigenvalue weighted by Crippen LogP contribution is 2.45. The number of benzene rings is 1. The number of nitrogens with one attached hydrogen (secondary N) is 3. The minimum absolute atomic E-state index is 0.00593. The fourth-order valence-corrected chi connectivity index (χ4v) is 5.64. The summed E-state index contributed by atoms with van der Waals surface area (Å²) < 4.78 is 5.87. The van der Waals surface area contributed by atoms with E-state index in [2.05, 4.69) is 39.8 Å². The summed E-state index contributed by atoms with van der Waals surface area (Å²) in [4.78, 5) is 23.8. The van der Waals surface area contributed by atoms with Gasteiger partial charge in [-0.1, -0.05) is 26.0 Å². The Labute approximate surface area is 197 Å². The van der Waals surface area contributed by atoms with Gasteiger partial charge in [-0.05, 0) is 24.9 Å². The van der Waals surface area contributed by atoms with E-state index in [0.29, 0.717) is 24.5 Å². The predicted octanol–water partition coefficient (Wildman–Crippen LogP) is -2.26. The average molecular weight is 473 g/mol. The Kier molecular flexibility index (Phi) is 4.97. The normalized spacial score (nSPS) is 32.4. The van der Waals surface area contributed by atoms with Crippen molar-refractivity contribution in [1.82, 2.24) is 20.9 Å². The molecule has 1 aromatic carbocycles. The van der Waals surface area contributed by atoms with Gasteiger partial charge >= 0.3 is 0 Å². The molecule has 1 fully saturated rings. The summed E-state index contributed by atoms with van der Waals surface area (Å²) in [5.74, 6) is -2.27. The molecule has 1 amide bonds. The van der Waals surface area contributed by atoms with E-state index in [1.807, 2.05) is 12.1 Å². The number of nitrogens with two attached hydrogens (primary N) is 2. The first-order chi connectivity index (χ1) is 16.0. The Morgan fingerprint density at radius 1 is 1.32 bits per heavy atom. The van der Waals surface area contributed by atoms with Crippen LogP contribution < -0.4 is 32.2 Å². The van der Waals surface area contributed by atoms with Crippen molar-refractivity contribution in [1.29, 1.82) is 0 Å². The van der Waals surface area contributed by atoms with Crippen molar-refractivity contribution in [2.75, 3.05) is 26.7 Å². The number of likely N-dealkylation sites (N-methyl/N-ethyl adjacent to an activating group) is 1. The van der Waals surface area contributed by atoms with Crippen molar-refractivity contribution >= 4 is 17.8 Å². The molecular formula is C22H32N8O4. The molecule has 2 unspecified atom stereocenters. The quantitative estimate of drug-likeness (QED) is 0.238. The number of aliphatic imine (C=N–C) groups is 2. The van der Waals surface area contributed by atoms with Crippen LogP contribution in [-0.2, 0) is 5.41 Å². The third-order valence-electron chi connectivity index (χ3n) is 7.48. The average Bonchev–Trinajstić information content (AvgIpc) is 3.23. The first kappa shape index (κ1) is 22.7. The zero-order chi connectivity index (χ0) is 24.5. The molecule has 184 valence electrons. The summed E-state index contributed by atoms with van der Waals surface area (Å²) >= 11 is 0. The molecule has 5 rings (SSSR count). The van der Waals surface area contributed by atoms with Crippen LogP contribution in [0.2, 0.25) is 0 Å². The minimum atomic E-state index is -2.47. The minimum Gasteiger partial charge on any atom is -0.492 e. The van der Waals surface area contributed by atoms with Crippen LogP contribution in [0.3, 0.4) is 0 Å². The van der Waals surface area contributed by atoms with Crippen molar-refractivity contribution < 1.29 is 19.7 Å². The molecule has 0 saturated carbocycles. The van der Waals surface area contributed by atoms with E-state index in [0.717, 1.165) is 12.0 Å². The van der Waals surface area contributed by atoms with Crippen LogP contribution in [0.25, 0.3) is 0 Å². The summed E-state index contributed by atoms with van der Waals surface area (Å²) in [7, 11) is 1.76. The molecule has 12 nitrogen and oxygen atoms in total. The molecule has 0 radical (unpaired) electrons. The molecule has 9 N–H and O–H groups in total. The fourth-order valence-electron chi connectivity index (χ4n) is 5.64. The molecule has 1 aromatic rings. The number of guanidine groups is 2. The Balaban J connectivity index is 1.48. The fraction of sp³-hybridized carbons (Fsp3) is 0.591. The van der Waals surface area contributed by atoms with E-state index in [1.54, 1.807) is 13.1 Å². The monoisotopic (exact) mass is 472 g/mol. The number of rotatable bonds is 4. The van der Waals surface area contributed by atoms with Crippen LogP contribution in [0.5, 0.6) is 5.75 Å². The second kappa shape index (κ2) is 7.45. The summed E-state index contributed by atoms with van der Waals surface area (Å²) in [6.07, 6.45) is 0.836. The van der Waals surface area contributed by atoms with Crippen molar-refractivity contribution in [3.8, 4) is 5.75 Å². The molecule has 0 aromatic heterocycles. The Morgan fingerprint density at radius 2 is 2.09 bits per heavy atom. The van der Waals surface area contributed by atoms with Gasteiger partial charge in [0.2, 0.25) is 5.79 Å². The highest BCUT2D eigenvalue weighted by molar-refractivity contribution is 5.98. The highest BCUT2D eigenvalue weighted by atomic mass is 16.5. The van der Waals surface area contributed by atoms with Crippen molar-refractivity contribution in [2.24, 2.45) is 21.5 Å². The van der Waals surface area contributed by atoms with Gasteiger partial charge in [-0.15, -0.1) is 0 Å². The number of carbonyl (C=O) groups excluding carboxylic acids is 1. The molecular weight excluding hydrogens is 440 g/mol. The van der Waals surface area contributed by atoms with Gasteiger partial charge in [-0.3, -0.25) is 4.79 Å². The van der Waals surface area contributed by atoms with Gasteiger partial charge in [-0.2, -0.15) is 0 Å². The molecule has 0 bridgehead atoms. The summed E-state index contributed by atoms with van der Waals surface area (Å²) in [6, 6.07) is 3.09. The Hall–Kier alpha value is -3.09. The van der Waals surface area contributed by atoms with E-state index in [1.165, 1.54) is 4.90 Å². The van der Waals surface area contributed by atoms with Crippen LogP contribution in [0.4, 0.5) is 0 Å². The summed E-state index contributed by atoms with van der Waals surface area (Å²) in [5.41, 5.74) is 11.8. The van der Waals surface area contributed by atoms with E-state index >= 15 is 0 Å². The topological polar surface area (TPSA) is 183 Å². The van der Waals surface area contributed by atoms with Crippen molar-refractivity contribution in [3.63, 3.8) is 0 Å². The van der Waals surface area contributed by atoms with Crippen LogP contribution in [0, 0.1) is 0 Å². The lowest BCUT2D eigenvalue weighted by molar-refractivity contribution is -0.230. The number of nitrogens with zero attached hydrogens (tertiary/aromatic N) is 3. The maximum atomic E-state index is 13.4. The van der Waals surface area contributed by atoms with E-state index in [9.17, 15) is 15.0 Å². The van der Waals surface area contributed by atoms with Gasteiger partial charge in [0, 0.05) is 18.7 Å². The zero-order valence-corrected chi connectivity index (χ0v) is 19.5. The maximum absolute atomic E-state index is 13.4. The number of amides is 1. The summed E-state index contributed by atoms with van der Waals surface area (Å²) in [5, 5.41) is 31.7. The largest absolute Gasteiger partial charge is 0.492 e. The van der Waals surface area contributed by atoms with Crippen molar-refractivity contribution in [3.05, 3.63) is 29.3 Å². The Morgan fingerprint density at radius 3 is 2.82 bits per heavy atom. The van der Waals surface area contributed by atoms with Gasteiger partial charge in [0.15, 0.2) is 17.6 Å². The molecule has 0 aliphatic carbocycles. The van der Waals surface area contributed by atoms with Crippen LogP contribution in [-0.4, -0.2) is 89.3 Å². The zero-order valence-electron chi connectivity index (χ0n) is 19.5. The van der Waals surface area contributed by atoms with E-state index in [-0.39, 0.29) is 23.9 Å². The number of hydrogen-bond donors (Lipinski definition) is 7. The van der Waals surface area contributed by atoms with Crippen molar-refractivity contribution in [2.45, 2.75) is 55.3 Å². The molecule has 1 spiro atoms. The lowest BCUT2D eigenvalue weighted by Gasteiger charge is -2.49. The van der Waals surface area contributed by atoms with Crippen LogP contribution in [0.15, 0.2) is 28.2 Å². The lowest BCUT2D eigenvalue weighted by atomic mass is 9.79. The number of hydrogen-bond acceptors (Lipinski definition) is 11. The van der Waals surface area contributed by atoms with E-state index in [4.69, 9.17) is 16.2 Å². The lowest BCUT2D eigenvalue weighted by Crippen LogP contribution is -2.78. The van der Waals surface area contributed by atoms with Gasteiger partial charge < -0.3 is 47.3 Å². The van der Waals surface area contributed by atoms with Gasteiger partial charge in [-0.25, -0.2) is 9.98 Å². The SMILES string of the molecule is CNC[C@@H]1N=C(N)N2CC(NC(=O)c3cccc4c3OCCC4(C)C)C(O)(O)[C@@]23NC(N)=NC13. The number of aliphatic hydroxyl groups is 2. The third-order valence-corrected chi connectivity index (χ3v) is 7.48. The van der Waals surface area contributed by atoms with Gasteiger partial charge in [0.05, 0.1) is 18.2 Å². The van der Waals surface area contributed by atoms with Gasteiger partial charge in [0.1, 0.15) is 17.8 Å². The van der Waals surface area contributed by atoms with Crippen LogP contribution in [0.1, 0.15) is 36.2 Å².